The largest absolute Gasteiger partial charge is 0.396 e. The van der Waals surface area contributed by atoms with Gasteiger partial charge in [-0.15, -0.1) is 0 Å². The number of halogens is 1. The van der Waals surface area contributed by atoms with Gasteiger partial charge in [-0.1, -0.05) is 11.6 Å². The molecule has 0 aromatic carbocycles. The predicted molar refractivity (Wildman–Crippen MR) is 68.2 cm³/mol. The third-order valence-electron chi connectivity index (χ3n) is 2.32. The van der Waals surface area contributed by atoms with Crippen LogP contribution in [-0.2, 0) is 4.74 Å². The first kappa shape index (κ1) is 14.8. The van der Waals surface area contributed by atoms with Crippen LogP contribution in [0.4, 0.5) is 5.82 Å². The summed E-state index contributed by atoms with van der Waals surface area (Å²) in [5, 5.41) is 12.1. The number of hydrogen-bond donors (Lipinski definition) is 2. The van der Waals surface area contributed by atoms with Gasteiger partial charge in [-0.25, -0.2) is 9.97 Å². The molecular weight excluding hydrogens is 258 g/mol. The van der Waals surface area contributed by atoms with Crippen molar-refractivity contribution in [3.8, 4) is 0 Å². The van der Waals surface area contributed by atoms with Gasteiger partial charge in [0.15, 0.2) is 6.29 Å². The molecule has 1 aromatic heterocycles. The number of anilines is 1. The van der Waals surface area contributed by atoms with Gasteiger partial charge in [-0.05, 0) is 13.3 Å². The fourth-order valence-electron chi connectivity index (χ4n) is 1.51. The van der Waals surface area contributed by atoms with Crippen LogP contribution in [0.3, 0.4) is 0 Å². The number of nitrogens with one attached hydrogen (secondary N) is 1. The molecule has 0 aliphatic heterocycles. The Morgan fingerprint density at radius 2 is 2.28 bits per heavy atom. The quantitative estimate of drug-likeness (QED) is 0.571. The molecule has 0 aliphatic rings. The topological polar surface area (TPSA) is 84.3 Å². The number of ether oxygens (including phenoxy) is 1. The summed E-state index contributed by atoms with van der Waals surface area (Å²) in [7, 11) is 1.56. The van der Waals surface area contributed by atoms with Crippen LogP contribution in [0.1, 0.15) is 22.6 Å². The zero-order valence-electron chi connectivity index (χ0n) is 10.3. The van der Waals surface area contributed by atoms with Gasteiger partial charge < -0.3 is 15.2 Å². The van der Waals surface area contributed by atoms with Crippen molar-refractivity contribution in [1.82, 2.24) is 9.97 Å². The summed E-state index contributed by atoms with van der Waals surface area (Å²) in [4.78, 5) is 19.0. The van der Waals surface area contributed by atoms with Gasteiger partial charge in [0.2, 0.25) is 0 Å². The van der Waals surface area contributed by atoms with Crippen molar-refractivity contribution in [2.45, 2.75) is 19.4 Å². The fraction of sp³-hybridized carbons (Fsp3) is 0.545. The predicted octanol–water partition coefficient (Wildman–Crippen LogP) is 1.06. The monoisotopic (exact) mass is 273 g/mol. The van der Waals surface area contributed by atoms with Gasteiger partial charge in [0, 0.05) is 13.7 Å². The average Bonchev–Trinajstić information content (AvgIpc) is 2.29. The number of hydrogen-bond acceptors (Lipinski definition) is 6. The molecule has 1 atom stereocenters. The van der Waals surface area contributed by atoms with E-state index in [4.69, 9.17) is 21.4 Å². The first-order valence-electron chi connectivity index (χ1n) is 5.48. The highest BCUT2D eigenvalue weighted by molar-refractivity contribution is 6.32. The number of aliphatic hydroxyl groups is 1. The summed E-state index contributed by atoms with van der Waals surface area (Å²) < 4.78 is 5.02. The SMILES string of the molecule is COCC(CCO)Nc1nc(C)nc(Cl)c1C=O. The molecular formula is C11H16ClN3O3. The zero-order valence-corrected chi connectivity index (χ0v) is 11.1. The molecule has 1 heterocycles. The molecule has 2 N–H and O–H groups in total. The molecule has 1 rings (SSSR count). The van der Waals surface area contributed by atoms with Gasteiger partial charge >= 0.3 is 0 Å². The van der Waals surface area contributed by atoms with Gasteiger partial charge in [-0.3, -0.25) is 4.79 Å². The number of aromatic nitrogens is 2. The van der Waals surface area contributed by atoms with E-state index in [2.05, 4.69) is 15.3 Å². The Balaban J connectivity index is 2.96. The van der Waals surface area contributed by atoms with E-state index in [-0.39, 0.29) is 23.4 Å². The molecule has 6 nitrogen and oxygen atoms in total. The van der Waals surface area contributed by atoms with Crippen molar-refractivity contribution in [1.29, 1.82) is 0 Å². The molecule has 7 heteroatoms. The lowest BCUT2D eigenvalue weighted by Crippen LogP contribution is -2.27. The Morgan fingerprint density at radius 3 is 2.83 bits per heavy atom. The minimum atomic E-state index is -0.149. The Morgan fingerprint density at radius 1 is 1.56 bits per heavy atom. The summed E-state index contributed by atoms with van der Waals surface area (Å²) in [6.45, 7) is 2.08. The van der Waals surface area contributed by atoms with E-state index < -0.39 is 0 Å². The first-order chi connectivity index (χ1) is 8.62. The molecule has 1 unspecified atom stereocenters. The van der Waals surface area contributed by atoms with Gasteiger partial charge in [0.25, 0.3) is 0 Å². The minimum Gasteiger partial charge on any atom is -0.396 e. The summed E-state index contributed by atoms with van der Waals surface area (Å²) in [5.74, 6) is 0.825. The fourth-order valence-corrected chi connectivity index (χ4v) is 1.77. The lowest BCUT2D eigenvalue weighted by atomic mass is 10.2. The smallest absolute Gasteiger partial charge is 0.156 e. The number of nitrogens with zero attached hydrogens (tertiary/aromatic N) is 2. The van der Waals surface area contributed by atoms with Crippen molar-refractivity contribution >= 4 is 23.7 Å². The van der Waals surface area contributed by atoms with E-state index in [0.717, 1.165) is 0 Å². The maximum absolute atomic E-state index is 11.0. The Hall–Kier alpha value is -1.24. The van der Waals surface area contributed by atoms with Crippen LogP contribution in [0, 0.1) is 6.92 Å². The van der Waals surface area contributed by atoms with E-state index in [1.54, 1.807) is 14.0 Å². The normalized spacial score (nSPS) is 12.2. The average molecular weight is 274 g/mol. The van der Waals surface area contributed by atoms with Gasteiger partial charge in [0.1, 0.15) is 16.8 Å². The number of aryl methyl sites for hydroxylation is 1. The van der Waals surface area contributed by atoms with E-state index in [1.165, 1.54) is 0 Å². The molecule has 0 bridgehead atoms. The molecule has 0 saturated heterocycles. The van der Waals surface area contributed by atoms with Crippen LogP contribution in [0.5, 0.6) is 0 Å². The number of aldehydes is 1. The maximum atomic E-state index is 11.0. The van der Waals surface area contributed by atoms with Crippen molar-refractivity contribution in [2.75, 3.05) is 25.6 Å². The molecule has 0 radical (unpaired) electrons. The third-order valence-corrected chi connectivity index (χ3v) is 2.60. The number of carbonyl (C=O) groups is 1. The molecule has 0 spiro atoms. The van der Waals surface area contributed by atoms with Crippen LogP contribution in [-0.4, -0.2) is 47.7 Å². The van der Waals surface area contributed by atoms with E-state index >= 15 is 0 Å². The molecule has 0 amide bonds. The highest BCUT2D eigenvalue weighted by atomic mass is 35.5. The Labute approximate surface area is 110 Å². The van der Waals surface area contributed by atoms with E-state index in [9.17, 15) is 4.79 Å². The first-order valence-corrected chi connectivity index (χ1v) is 5.85. The number of carbonyl (C=O) groups excluding carboxylic acids is 1. The van der Waals surface area contributed by atoms with Crippen LogP contribution in [0.25, 0.3) is 0 Å². The van der Waals surface area contributed by atoms with E-state index in [0.29, 0.717) is 31.0 Å². The molecule has 0 fully saturated rings. The van der Waals surface area contributed by atoms with Gasteiger partial charge in [0.05, 0.1) is 18.2 Å². The standard InChI is InChI=1S/C11H16ClN3O3/c1-7-13-10(12)9(5-17)11(14-7)15-8(3-4-16)6-18-2/h5,8,16H,3-4,6H2,1-2H3,(H,13,14,15). The number of aliphatic hydroxyl groups excluding tert-OH is 1. The zero-order chi connectivity index (χ0) is 13.5. The highest BCUT2D eigenvalue weighted by Gasteiger charge is 2.15. The molecule has 0 saturated carbocycles. The van der Waals surface area contributed by atoms with Crippen LogP contribution >= 0.6 is 11.6 Å². The summed E-state index contributed by atoms with van der Waals surface area (Å²) in [6, 6.07) is -0.149. The van der Waals surface area contributed by atoms with Crippen molar-refractivity contribution in [2.24, 2.45) is 0 Å². The lowest BCUT2D eigenvalue weighted by molar-refractivity contribution is 0.112. The molecule has 1 aromatic rings. The second kappa shape index (κ2) is 7.25. The Bertz CT molecular complexity index is 409. The van der Waals surface area contributed by atoms with E-state index in [1.807, 2.05) is 0 Å². The molecule has 18 heavy (non-hydrogen) atoms. The van der Waals surface area contributed by atoms with Crippen molar-refractivity contribution in [3.63, 3.8) is 0 Å². The second-order valence-corrected chi connectivity index (χ2v) is 4.11. The van der Waals surface area contributed by atoms with Crippen LogP contribution in [0.2, 0.25) is 5.15 Å². The van der Waals surface area contributed by atoms with Crippen LogP contribution < -0.4 is 5.32 Å². The third kappa shape index (κ3) is 3.90. The van der Waals surface area contributed by atoms with Crippen molar-refractivity contribution in [3.05, 3.63) is 16.5 Å². The second-order valence-electron chi connectivity index (χ2n) is 3.75. The highest BCUT2D eigenvalue weighted by Crippen LogP contribution is 2.20. The van der Waals surface area contributed by atoms with Crippen LogP contribution in [0.15, 0.2) is 0 Å². The Kier molecular flexibility index (Phi) is 5.97. The van der Waals surface area contributed by atoms with Crippen molar-refractivity contribution < 1.29 is 14.6 Å². The lowest BCUT2D eigenvalue weighted by Gasteiger charge is -2.18. The summed E-state index contributed by atoms with van der Waals surface area (Å²) >= 11 is 5.87. The number of rotatable bonds is 7. The number of methoxy groups -OCH3 is 1. The summed E-state index contributed by atoms with van der Waals surface area (Å²) in [6.07, 6.45) is 1.08. The van der Waals surface area contributed by atoms with Gasteiger partial charge in [-0.2, -0.15) is 0 Å². The minimum absolute atomic E-state index is 0.00917. The molecule has 100 valence electrons. The molecule has 0 aliphatic carbocycles. The maximum Gasteiger partial charge on any atom is 0.156 e. The summed E-state index contributed by atoms with van der Waals surface area (Å²) in [5.41, 5.74) is 0.210.